The molecular weight excluding hydrogens is 493 g/mol. The third-order valence-electron chi connectivity index (χ3n) is 5.54. The molecule has 1 fully saturated rings. The molecule has 0 amide bonds. The normalized spacial score (nSPS) is 25.2. The van der Waals surface area contributed by atoms with Crippen molar-refractivity contribution in [1.82, 2.24) is 14.6 Å². The number of nitrogens with zero attached hydrogens (tertiary/aromatic N) is 3. The van der Waals surface area contributed by atoms with Crippen LogP contribution in [-0.4, -0.2) is 62.1 Å². The summed E-state index contributed by atoms with van der Waals surface area (Å²) in [7, 11) is -3.95. The molecule has 0 saturated heterocycles. The third kappa shape index (κ3) is 6.17. The van der Waals surface area contributed by atoms with Crippen LogP contribution >= 0.6 is 8.09 Å². The van der Waals surface area contributed by atoms with Crippen molar-refractivity contribution in [2.24, 2.45) is 5.92 Å². The van der Waals surface area contributed by atoms with Crippen LogP contribution in [0, 0.1) is 17.2 Å². The molecule has 0 radical (unpaired) electrons. The van der Waals surface area contributed by atoms with Gasteiger partial charge in [-0.2, -0.15) is 19.7 Å². The number of aliphatic hydroxyl groups is 2. The van der Waals surface area contributed by atoms with Crippen LogP contribution in [0.2, 0.25) is 0 Å². The first-order chi connectivity index (χ1) is 17.0. The topological polar surface area (TPSA) is 202 Å². The second-order valence-electron chi connectivity index (χ2n) is 8.53. The molecule has 1 aromatic carbocycles. The molecule has 13 nitrogen and oxygen atoms in total. The monoisotopic (exact) mass is 522 g/mol. The molecular formula is C22H29N5O8P+. The largest absolute Gasteiger partial charge is 0.544 e. The molecule has 0 spiro atoms. The van der Waals surface area contributed by atoms with E-state index in [4.69, 9.17) is 19.5 Å². The number of nitrogens with two attached hydrogens (primary N) is 1. The molecule has 0 bridgehead atoms. The summed E-state index contributed by atoms with van der Waals surface area (Å²) in [6.45, 7) is 2.53. The van der Waals surface area contributed by atoms with Gasteiger partial charge in [-0.25, -0.2) is 4.79 Å². The second-order valence-corrected chi connectivity index (χ2v) is 10.3. The smallest absolute Gasteiger partial charge is 0.462 e. The number of hydrogen-bond donors (Lipinski definition) is 5. The van der Waals surface area contributed by atoms with Gasteiger partial charge in [-0.05, 0) is 38.5 Å². The number of anilines is 1. The summed E-state index contributed by atoms with van der Waals surface area (Å²) in [6, 6.07) is 11.4. The Morgan fingerprint density at radius 2 is 2.06 bits per heavy atom. The fourth-order valence-electron chi connectivity index (χ4n) is 3.86. The van der Waals surface area contributed by atoms with E-state index >= 15 is 0 Å². The third-order valence-corrected chi connectivity index (χ3v) is 7.06. The molecule has 1 heterocycles. The van der Waals surface area contributed by atoms with E-state index < -0.39 is 50.0 Å². The van der Waals surface area contributed by atoms with Crippen molar-refractivity contribution in [2.75, 3.05) is 18.9 Å². The van der Waals surface area contributed by atoms with Gasteiger partial charge in [0.15, 0.2) is 11.3 Å². The van der Waals surface area contributed by atoms with Crippen LogP contribution in [0.1, 0.15) is 20.3 Å². The van der Waals surface area contributed by atoms with Crippen molar-refractivity contribution in [2.45, 2.75) is 44.1 Å². The first-order valence-electron chi connectivity index (χ1n) is 11.1. The quantitative estimate of drug-likeness (QED) is 0.208. The SMILES string of the molecule is CC(C)OC(=O)CN[P+](O)(OCC1CC(C#N)(n2ccc(N)nc2=O)C(O)C1O)Oc1ccccc1. The average molecular weight is 522 g/mol. The molecule has 36 heavy (non-hydrogen) atoms. The van der Waals surface area contributed by atoms with Crippen molar-refractivity contribution in [1.29, 1.82) is 5.26 Å². The number of rotatable bonds is 10. The van der Waals surface area contributed by atoms with E-state index in [1.807, 2.05) is 6.07 Å². The molecule has 5 unspecified atom stereocenters. The first-order valence-corrected chi connectivity index (χ1v) is 12.7. The molecule has 2 aromatic rings. The zero-order chi connectivity index (χ0) is 26.5. The Hall–Kier alpha value is -3.11. The fourth-order valence-corrected chi connectivity index (χ4v) is 5.20. The number of nitrogens with one attached hydrogen (secondary N) is 1. The minimum Gasteiger partial charge on any atom is -0.462 e. The van der Waals surface area contributed by atoms with E-state index in [0.717, 1.165) is 4.57 Å². The van der Waals surface area contributed by atoms with Crippen LogP contribution < -0.4 is 21.0 Å². The number of aliphatic hydroxyl groups excluding tert-OH is 2. The Bertz CT molecular complexity index is 1160. The second kappa shape index (κ2) is 11.3. The lowest BCUT2D eigenvalue weighted by atomic mass is 9.95. The lowest BCUT2D eigenvalue weighted by Crippen LogP contribution is -2.48. The first kappa shape index (κ1) is 27.5. The van der Waals surface area contributed by atoms with Crippen LogP contribution in [0.15, 0.2) is 47.4 Å². The number of nitriles is 1. The van der Waals surface area contributed by atoms with Crippen molar-refractivity contribution in [3.8, 4) is 11.8 Å². The summed E-state index contributed by atoms with van der Waals surface area (Å²) in [5, 5.41) is 33.9. The Kier molecular flexibility index (Phi) is 8.63. The number of hydrogen-bond acceptors (Lipinski definition) is 12. The highest BCUT2D eigenvalue weighted by atomic mass is 31.2. The maximum atomic E-state index is 12.4. The maximum Gasteiger partial charge on any atom is 0.544 e. The molecule has 1 aliphatic carbocycles. The van der Waals surface area contributed by atoms with Gasteiger partial charge < -0.3 is 20.7 Å². The van der Waals surface area contributed by atoms with Crippen LogP contribution in [0.5, 0.6) is 5.75 Å². The van der Waals surface area contributed by atoms with Gasteiger partial charge in [0.1, 0.15) is 25.1 Å². The molecule has 194 valence electrons. The zero-order valence-corrected chi connectivity index (χ0v) is 20.6. The predicted molar refractivity (Wildman–Crippen MR) is 128 cm³/mol. The Morgan fingerprint density at radius 1 is 1.36 bits per heavy atom. The van der Waals surface area contributed by atoms with Crippen LogP contribution in [0.3, 0.4) is 0 Å². The van der Waals surface area contributed by atoms with Gasteiger partial charge in [0.05, 0.1) is 18.3 Å². The summed E-state index contributed by atoms with van der Waals surface area (Å²) in [5.41, 5.74) is 2.80. The molecule has 14 heteroatoms. The Morgan fingerprint density at radius 3 is 2.67 bits per heavy atom. The Balaban J connectivity index is 1.79. The zero-order valence-electron chi connectivity index (χ0n) is 19.7. The molecule has 0 aliphatic heterocycles. The van der Waals surface area contributed by atoms with Gasteiger partial charge in [-0.15, -0.1) is 0 Å². The molecule has 1 saturated carbocycles. The fraction of sp³-hybridized carbons (Fsp3) is 0.455. The van der Waals surface area contributed by atoms with Crippen molar-refractivity contribution in [3.63, 3.8) is 0 Å². The number of benzene rings is 1. The maximum absolute atomic E-state index is 12.4. The summed E-state index contributed by atoms with van der Waals surface area (Å²) in [6.07, 6.45) is -2.53. The van der Waals surface area contributed by atoms with Gasteiger partial charge in [-0.1, -0.05) is 23.3 Å². The number of esters is 1. The van der Waals surface area contributed by atoms with E-state index in [9.17, 15) is 30.0 Å². The molecule has 3 rings (SSSR count). The summed E-state index contributed by atoms with van der Waals surface area (Å²) < 4.78 is 17.2. The molecule has 5 atom stereocenters. The highest BCUT2D eigenvalue weighted by Crippen LogP contribution is 2.53. The highest BCUT2D eigenvalue weighted by Gasteiger charge is 2.57. The van der Waals surface area contributed by atoms with Gasteiger partial charge in [0, 0.05) is 12.1 Å². The number of carbonyl (C=O) groups excluding carboxylic acids is 1. The number of para-hydroxylation sites is 1. The van der Waals surface area contributed by atoms with E-state index in [2.05, 4.69) is 10.1 Å². The predicted octanol–water partition coefficient (Wildman–Crippen LogP) is 0.0928. The number of carbonyl (C=O) groups is 1. The van der Waals surface area contributed by atoms with E-state index in [1.54, 1.807) is 44.2 Å². The van der Waals surface area contributed by atoms with Crippen LogP contribution in [0.25, 0.3) is 0 Å². The van der Waals surface area contributed by atoms with Crippen molar-refractivity contribution < 1.29 is 33.7 Å². The molecule has 1 aromatic heterocycles. The van der Waals surface area contributed by atoms with Gasteiger partial charge in [0.2, 0.25) is 0 Å². The molecule has 6 N–H and O–H groups in total. The van der Waals surface area contributed by atoms with Crippen molar-refractivity contribution >= 4 is 19.9 Å². The number of aromatic nitrogens is 2. The minimum atomic E-state index is -3.95. The van der Waals surface area contributed by atoms with E-state index in [-0.39, 0.29) is 30.7 Å². The van der Waals surface area contributed by atoms with Crippen LogP contribution in [0.4, 0.5) is 5.82 Å². The summed E-state index contributed by atoms with van der Waals surface area (Å²) in [4.78, 5) is 39.1. The van der Waals surface area contributed by atoms with Gasteiger partial charge in [-0.3, -0.25) is 13.9 Å². The summed E-state index contributed by atoms with van der Waals surface area (Å²) in [5.74, 6) is -1.37. The lowest BCUT2D eigenvalue weighted by molar-refractivity contribution is -0.146. The van der Waals surface area contributed by atoms with Gasteiger partial charge in [0.25, 0.3) is 0 Å². The average Bonchev–Trinajstić information content (AvgIpc) is 3.07. The van der Waals surface area contributed by atoms with Gasteiger partial charge >= 0.3 is 19.8 Å². The standard InChI is InChI=1S/C22H28N5O8P/c1-14(2)34-18(28)11-25-36(32,35-16-6-4-3-5-7-16)33-12-15-10-22(13-23,20(30)19(15)29)27-9-8-17(24)26-21(27)31/h3-9,14-15,19-20,25,29-30,32H,10-12H2,1-2H3,(H-,24,26,31)/p+1. The van der Waals surface area contributed by atoms with E-state index in [1.165, 1.54) is 12.3 Å². The minimum absolute atomic E-state index is 0.0627. The van der Waals surface area contributed by atoms with Crippen LogP contribution in [-0.2, 0) is 19.6 Å². The Labute approximate surface area is 207 Å². The van der Waals surface area contributed by atoms with Crippen molar-refractivity contribution in [3.05, 3.63) is 53.1 Å². The van der Waals surface area contributed by atoms with E-state index in [0.29, 0.717) is 0 Å². The lowest BCUT2D eigenvalue weighted by Gasteiger charge is -2.27. The highest BCUT2D eigenvalue weighted by molar-refractivity contribution is 7.58. The molecule has 1 aliphatic rings. The number of ether oxygens (including phenoxy) is 1. The summed E-state index contributed by atoms with van der Waals surface area (Å²) >= 11 is 0. The number of nitrogen functional groups attached to an aromatic ring is 1.